The van der Waals surface area contributed by atoms with Crippen LogP contribution in [0, 0.1) is 0 Å². The van der Waals surface area contributed by atoms with Crippen molar-refractivity contribution < 1.29 is 14.3 Å². The molecule has 5 heteroatoms. The van der Waals surface area contributed by atoms with E-state index in [1.165, 1.54) is 6.92 Å². The van der Waals surface area contributed by atoms with Gasteiger partial charge in [0, 0.05) is 30.1 Å². The summed E-state index contributed by atoms with van der Waals surface area (Å²) >= 11 is 6.30. The molecule has 0 atom stereocenters. The van der Waals surface area contributed by atoms with Gasteiger partial charge in [0.15, 0.2) is 0 Å². The Morgan fingerprint density at radius 3 is 2.48 bits per heavy atom. The quantitative estimate of drug-likeness (QED) is 0.422. The van der Waals surface area contributed by atoms with Crippen molar-refractivity contribution in [3.05, 3.63) is 94.0 Å². The lowest BCUT2D eigenvalue weighted by Crippen LogP contribution is -2.26. The number of esters is 1. The van der Waals surface area contributed by atoms with Crippen LogP contribution in [-0.2, 0) is 4.79 Å². The molecule has 0 bridgehead atoms. The first-order valence-electron chi connectivity index (χ1n) is 9.11. The molecule has 0 aliphatic carbocycles. The zero-order chi connectivity index (χ0) is 20.5. The van der Waals surface area contributed by atoms with Crippen molar-refractivity contribution >= 4 is 40.8 Å². The van der Waals surface area contributed by atoms with Crippen LogP contribution in [0.1, 0.15) is 34.0 Å². The van der Waals surface area contributed by atoms with E-state index in [2.05, 4.69) is 0 Å². The molecule has 1 aliphatic rings. The molecule has 1 aliphatic heterocycles. The van der Waals surface area contributed by atoms with Crippen LogP contribution in [0.25, 0.3) is 11.6 Å². The summed E-state index contributed by atoms with van der Waals surface area (Å²) in [5.74, 6) is 0.00784. The number of carbonyl (C=O) groups is 2. The fourth-order valence-electron chi connectivity index (χ4n) is 3.51. The van der Waals surface area contributed by atoms with Gasteiger partial charge in [-0.25, -0.2) is 0 Å². The van der Waals surface area contributed by atoms with Crippen LogP contribution in [0.3, 0.4) is 0 Å². The van der Waals surface area contributed by atoms with Crippen LogP contribution >= 0.6 is 11.6 Å². The predicted octanol–water partition coefficient (Wildman–Crippen LogP) is 5.44. The Bertz CT molecular complexity index is 1170. The summed E-state index contributed by atoms with van der Waals surface area (Å²) < 4.78 is 5.21. The molecule has 0 radical (unpaired) electrons. The average molecular weight is 404 g/mol. The highest BCUT2D eigenvalue weighted by atomic mass is 35.5. The van der Waals surface area contributed by atoms with Gasteiger partial charge in [0.25, 0.3) is 5.91 Å². The van der Waals surface area contributed by atoms with Crippen molar-refractivity contribution in [2.75, 3.05) is 11.9 Å². The third kappa shape index (κ3) is 3.67. The summed E-state index contributed by atoms with van der Waals surface area (Å²) in [6, 6.07) is 20.3. The molecule has 0 saturated carbocycles. The van der Waals surface area contributed by atoms with E-state index in [0.29, 0.717) is 16.3 Å². The third-order valence-electron chi connectivity index (χ3n) is 4.79. The summed E-state index contributed by atoms with van der Waals surface area (Å²) in [4.78, 5) is 26.0. The summed E-state index contributed by atoms with van der Waals surface area (Å²) in [5.41, 5.74) is 4.79. The number of rotatable bonds is 2. The van der Waals surface area contributed by atoms with E-state index in [0.717, 1.165) is 28.0 Å². The van der Waals surface area contributed by atoms with E-state index in [-0.39, 0.29) is 11.9 Å². The maximum absolute atomic E-state index is 13.1. The second kappa shape index (κ2) is 7.57. The van der Waals surface area contributed by atoms with E-state index in [1.807, 2.05) is 54.6 Å². The topological polar surface area (TPSA) is 46.6 Å². The number of hydrogen-bond acceptors (Lipinski definition) is 3. The van der Waals surface area contributed by atoms with Gasteiger partial charge in [-0.05, 0) is 59.2 Å². The number of amides is 1. The zero-order valence-electron chi connectivity index (χ0n) is 16.0. The fraction of sp³-hybridized carbons (Fsp3) is 0.0833. The van der Waals surface area contributed by atoms with Crippen molar-refractivity contribution in [1.29, 1.82) is 0 Å². The van der Waals surface area contributed by atoms with E-state index < -0.39 is 0 Å². The van der Waals surface area contributed by atoms with Gasteiger partial charge in [-0.1, -0.05) is 41.9 Å². The molecule has 0 saturated heterocycles. The normalized spacial score (nSPS) is 14.2. The largest absolute Gasteiger partial charge is 0.427 e. The SMILES string of the molecule is CC(=O)Oc1cccc(C=C2c3ccccc3C(=O)N(C)c3ccc(Cl)cc32)c1. The third-order valence-corrected chi connectivity index (χ3v) is 5.03. The molecule has 3 aromatic carbocycles. The van der Waals surface area contributed by atoms with E-state index in [9.17, 15) is 9.59 Å². The highest BCUT2D eigenvalue weighted by Crippen LogP contribution is 2.40. The van der Waals surface area contributed by atoms with Crippen LogP contribution in [0.15, 0.2) is 66.7 Å². The molecule has 0 unspecified atom stereocenters. The maximum atomic E-state index is 13.1. The Morgan fingerprint density at radius 2 is 1.72 bits per heavy atom. The van der Waals surface area contributed by atoms with Gasteiger partial charge in [-0.15, -0.1) is 0 Å². The highest BCUT2D eigenvalue weighted by Gasteiger charge is 2.27. The number of nitrogens with zero attached hydrogens (tertiary/aromatic N) is 1. The van der Waals surface area contributed by atoms with Crippen molar-refractivity contribution in [2.24, 2.45) is 0 Å². The first kappa shape index (κ1) is 19.0. The van der Waals surface area contributed by atoms with Crippen LogP contribution < -0.4 is 9.64 Å². The van der Waals surface area contributed by atoms with Gasteiger partial charge >= 0.3 is 5.97 Å². The van der Waals surface area contributed by atoms with Gasteiger partial charge in [-0.2, -0.15) is 0 Å². The summed E-state index contributed by atoms with van der Waals surface area (Å²) in [6.45, 7) is 1.37. The number of benzene rings is 3. The van der Waals surface area contributed by atoms with Crippen LogP contribution in [0.5, 0.6) is 5.75 Å². The van der Waals surface area contributed by atoms with Gasteiger partial charge in [0.1, 0.15) is 5.75 Å². The Morgan fingerprint density at radius 1 is 0.966 bits per heavy atom. The van der Waals surface area contributed by atoms with Crippen molar-refractivity contribution in [3.8, 4) is 5.75 Å². The van der Waals surface area contributed by atoms with Crippen molar-refractivity contribution in [2.45, 2.75) is 6.92 Å². The number of hydrogen-bond donors (Lipinski definition) is 0. The van der Waals surface area contributed by atoms with Crippen LogP contribution in [0.4, 0.5) is 5.69 Å². The monoisotopic (exact) mass is 403 g/mol. The van der Waals surface area contributed by atoms with Crippen LogP contribution in [0.2, 0.25) is 5.02 Å². The zero-order valence-corrected chi connectivity index (χ0v) is 16.7. The van der Waals surface area contributed by atoms with Crippen LogP contribution in [-0.4, -0.2) is 18.9 Å². The Kier molecular flexibility index (Phi) is 4.95. The first-order valence-corrected chi connectivity index (χ1v) is 9.49. The fourth-order valence-corrected chi connectivity index (χ4v) is 3.68. The minimum atomic E-state index is -0.376. The molecule has 0 aromatic heterocycles. The number of ether oxygens (including phenoxy) is 1. The average Bonchev–Trinajstić information content (AvgIpc) is 2.78. The Labute approximate surface area is 174 Å². The summed E-state index contributed by atoms with van der Waals surface area (Å²) in [5, 5.41) is 0.587. The minimum Gasteiger partial charge on any atom is -0.427 e. The molecule has 1 amide bonds. The molecule has 1 heterocycles. The second-order valence-electron chi connectivity index (χ2n) is 6.80. The lowest BCUT2D eigenvalue weighted by atomic mass is 9.92. The van der Waals surface area contributed by atoms with Crippen molar-refractivity contribution in [1.82, 2.24) is 0 Å². The lowest BCUT2D eigenvalue weighted by molar-refractivity contribution is -0.131. The Hall–Kier alpha value is -3.37. The van der Waals surface area contributed by atoms with Gasteiger partial charge in [0.2, 0.25) is 0 Å². The van der Waals surface area contributed by atoms with Gasteiger partial charge in [-0.3, -0.25) is 9.59 Å². The molecule has 144 valence electrons. The van der Waals surface area contributed by atoms with Gasteiger partial charge in [0.05, 0.1) is 5.69 Å². The standard InChI is InChI=1S/C24H18ClNO3/c1-15(27)29-18-7-5-6-16(12-18)13-21-19-8-3-4-9-20(19)24(28)26(2)23-11-10-17(25)14-22(21)23/h3-14H,1-2H3. The smallest absolute Gasteiger partial charge is 0.308 e. The number of anilines is 1. The van der Waals surface area contributed by atoms with E-state index in [1.54, 1.807) is 30.1 Å². The molecule has 29 heavy (non-hydrogen) atoms. The minimum absolute atomic E-state index is 0.0822. The molecular formula is C24H18ClNO3. The molecule has 0 fully saturated rings. The van der Waals surface area contributed by atoms with E-state index in [4.69, 9.17) is 16.3 Å². The predicted molar refractivity (Wildman–Crippen MR) is 115 cm³/mol. The summed E-state index contributed by atoms with van der Waals surface area (Å²) in [6.07, 6.45) is 1.98. The first-order chi connectivity index (χ1) is 13.9. The highest BCUT2D eigenvalue weighted by molar-refractivity contribution is 6.31. The molecule has 0 spiro atoms. The molecule has 4 rings (SSSR count). The van der Waals surface area contributed by atoms with Crippen molar-refractivity contribution in [3.63, 3.8) is 0 Å². The second-order valence-corrected chi connectivity index (χ2v) is 7.23. The number of fused-ring (bicyclic) bond motifs is 2. The molecular weight excluding hydrogens is 386 g/mol. The maximum Gasteiger partial charge on any atom is 0.308 e. The summed E-state index contributed by atoms with van der Waals surface area (Å²) in [7, 11) is 1.76. The molecule has 0 N–H and O–H groups in total. The van der Waals surface area contributed by atoms with Gasteiger partial charge < -0.3 is 9.64 Å². The molecule has 4 nitrogen and oxygen atoms in total. The Balaban J connectivity index is 1.97. The number of halogens is 1. The number of carbonyl (C=O) groups excluding carboxylic acids is 2. The lowest BCUT2D eigenvalue weighted by Gasteiger charge is -2.18. The molecule has 3 aromatic rings. The van der Waals surface area contributed by atoms with E-state index >= 15 is 0 Å².